The van der Waals surface area contributed by atoms with E-state index < -0.39 is 0 Å². The van der Waals surface area contributed by atoms with Gasteiger partial charge in [0.15, 0.2) is 11.8 Å². The summed E-state index contributed by atoms with van der Waals surface area (Å²) >= 11 is 6.23. The zero-order chi connectivity index (χ0) is 17.5. The van der Waals surface area contributed by atoms with E-state index in [-0.39, 0.29) is 35.9 Å². The highest BCUT2D eigenvalue weighted by Crippen LogP contribution is 2.21. The maximum absolute atomic E-state index is 6.23. The van der Waals surface area contributed by atoms with E-state index in [9.17, 15) is 0 Å². The molecular weight excluding hydrogens is 453 g/mol. The number of benzene rings is 1. The molecular formula is C17H25ClIN5O. The molecule has 2 rings (SSSR count). The van der Waals surface area contributed by atoms with Gasteiger partial charge < -0.3 is 15.2 Å². The highest BCUT2D eigenvalue weighted by Gasteiger charge is 2.12. The third-order valence-corrected chi connectivity index (χ3v) is 3.92. The average molecular weight is 478 g/mol. The molecule has 138 valence electrons. The van der Waals surface area contributed by atoms with Crippen LogP contribution in [0.5, 0.6) is 0 Å². The number of aromatic nitrogens is 2. The van der Waals surface area contributed by atoms with Crippen LogP contribution in [0.1, 0.15) is 50.0 Å². The minimum Gasteiger partial charge on any atom is -0.356 e. The summed E-state index contributed by atoms with van der Waals surface area (Å²) in [5, 5.41) is 11.3. The van der Waals surface area contributed by atoms with Crippen molar-refractivity contribution >= 4 is 41.5 Å². The fourth-order valence-electron chi connectivity index (χ4n) is 2.20. The molecule has 0 aliphatic rings. The van der Waals surface area contributed by atoms with Crippen LogP contribution in [0, 0.1) is 0 Å². The summed E-state index contributed by atoms with van der Waals surface area (Å²) < 4.78 is 5.23. The minimum absolute atomic E-state index is 0. The monoisotopic (exact) mass is 477 g/mol. The van der Waals surface area contributed by atoms with Gasteiger partial charge >= 0.3 is 0 Å². The van der Waals surface area contributed by atoms with E-state index in [4.69, 9.17) is 16.1 Å². The van der Waals surface area contributed by atoms with Crippen molar-refractivity contribution < 1.29 is 4.52 Å². The quantitative estimate of drug-likeness (QED) is 0.374. The lowest BCUT2D eigenvalue weighted by Gasteiger charge is -2.19. The van der Waals surface area contributed by atoms with Gasteiger partial charge in [-0.05, 0) is 18.6 Å². The van der Waals surface area contributed by atoms with Crippen molar-refractivity contribution in [2.45, 2.75) is 39.2 Å². The van der Waals surface area contributed by atoms with Crippen LogP contribution in [0.4, 0.5) is 0 Å². The molecule has 8 heteroatoms. The second-order valence-electron chi connectivity index (χ2n) is 5.84. The van der Waals surface area contributed by atoms with Gasteiger partial charge in [-0.25, -0.2) is 0 Å². The van der Waals surface area contributed by atoms with Gasteiger partial charge in [-0.15, -0.1) is 24.0 Å². The fourth-order valence-corrected chi connectivity index (χ4v) is 2.50. The molecule has 0 saturated carbocycles. The van der Waals surface area contributed by atoms with Crippen LogP contribution in [0.25, 0.3) is 0 Å². The summed E-state index contributed by atoms with van der Waals surface area (Å²) in [4.78, 5) is 8.59. The SMILES string of the molecule is CN=C(NCCc1nc(C(C)C)no1)NC(C)c1ccccc1Cl.I. The summed E-state index contributed by atoms with van der Waals surface area (Å²) in [5.74, 6) is 2.33. The lowest BCUT2D eigenvalue weighted by Crippen LogP contribution is -2.39. The Labute approximate surface area is 170 Å². The van der Waals surface area contributed by atoms with Gasteiger partial charge in [0.2, 0.25) is 5.89 Å². The number of halogens is 2. The van der Waals surface area contributed by atoms with Crippen LogP contribution in [-0.4, -0.2) is 29.7 Å². The topological polar surface area (TPSA) is 75.3 Å². The zero-order valence-corrected chi connectivity index (χ0v) is 18.0. The molecule has 2 N–H and O–H groups in total. The molecule has 0 aliphatic heterocycles. The average Bonchev–Trinajstić information content (AvgIpc) is 3.03. The summed E-state index contributed by atoms with van der Waals surface area (Å²) in [5.41, 5.74) is 1.03. The molecule has 1 atom stereocenters. The first-order valence-corrected chi connectivity index (χ1v) is 8.43. The summed E-state index contributed by atoms with van der Waals surface area (Å²) in [6.07, 6.45) is 0.640. The molecule has 0 bridgehead atoms. The van der Waals surface area contributed by atoms with Crippen LogP contribution in [0.3, 0.4) is 0 Å². The molecule has 0 saturated heterocycles. The Morgan fingerprint density at radius 3 is 2.60 bits per heavy atom. The predicted molar refractivity (Wildman–Crippen MR) is 112 cm³/mol. The van der Waals surface area contributed by atoms with Gasteiger partial charge in [-0.3, -0.25) is 4.99 Å². The predicted octanol–water partition coefficient (Wildman–Crippen LogP) is 3.93. The molecule has 0 spiro atoms. The number of nitrogens with zero attached hydrogens (tertiary/aromatic N) is 3. The van der Waals surface area contributed by atoms with Gasteiger partial charge in [0.25, 0.3) is 0 Å². The van der Waals surface area contributed by atoms with Crippen molar-refractivity contribution in [1.29, 1.82) is 0 Å². The largest absolute Gasteiger partial charge is 0.356 e. The van der Waals surface area contributed by atoms with Crippen LogP contribution in [-0.2, 0) is 6.42 Å². The van der Waals surface area contributed by atoms with Crippen molar-refractivity contribution in [3.63, 3.8) is 0 Å². The molecule has 25 heavy (non-hydrogen) atoms. The lowest BCUT2D eigenvalue weighted by molar-refractivity contribution is 0.371. The minimum atomic E-state index is 0. The Kier molecular flexibility index (Phi) is 9.20. The fraction of sp³-hybridized carbons (Fsp3) is 0.471. The molecule has 1 aromatic carbocycles. The van der Waals surface area contributed by atoms with Crippen LogP contribution < -0.4 is 10.6 Å². The van der Waals surface area contributed by atoms with E-state index in [1.165, 1.54) is 0 Å². The molecule has 0 radical (unpaired) electrons. The highest BCUT2D eigenvalue weighted by atomic mass is 127. The van der Waals surface area contributed by atoms with Gasteiger partial charge in [-0.2, -0.15) is 4.98 Å². The van der Waals surface area contributed by atoms with Gasteiger partial charge in [-0.1, -0.05) is 48.8 Å². The van der Waals surface area contributed by atoms with Gasteiger partial charge in [0.05, 0.1) is 6.04 Å². The molecule has 1 aromatic heterocycles. The van der Waals surface area contributed by atoms with Crippen molar-refractivity contribution in [3.05, 3.63) is 46.6 Å². The highest BCUT2D eigenvalue weighted by molar-refractivity contribution is 14.0. The molecule has 0 aliphatic carbocycles. The Morgan fingerprint density at radius 2 is 2.00 bits per heavy atom. The standard InChI is InChI=1S/C17H24ClN5O.HI/c1-11(2)16-22-15(24-23-16)9-10-20-17(19-4)21-12(3)13-7-5-6-8-14(13)18;/h5-8,11-12H,9-10H2,1-4H3,(H2,19,20,21);1H. The van der Waals surface area contributed by atoms with E-state index in [0.717, 1.165) is 16.4 Å². The van der Waals surface area contributed by atoms with E-state index in [2.05, 4.69) is 25.8 Å². The lowest BCUT2D eigenvalue weighted by atomic mass is 10.1. The van der Waals surface area contributed by atoms with Gasteiger partial charge in [0, 0.05) is 31.0 Å². The smallest absolute Gasteiger partial charge is 0.228 e. The Morgan fingerprint density at radius 1 is 1.28 bits per heavy atom. The molecule has 1 unspecified atom stereocenters. The van der Waals surface area contributed by atoms with Crippen LogP contribution in [0.15, 0.2) is 33.8 Å². The molecule has 0 amide bonds. The van der Waals surface area contributed by atoms with Crippen molar-refractivity contribution in [3.8, 4) is 0 Å². The van der Waals surface area contributed by atoms with E-state index in [1.54, 1.807) is 7.05 Å². The first kappa shape index (κ1) is 21.7. The number of aliphatic imine (C=N–C) groups is 1. The first-order valence-electron chi connectivity index (χ1n) is 8.05. The number of guanidine groups is 1. The first-order chi connectivity index (χ1) is 11.5. The Hall–Kier alpha value is -1.35. The summed E-state index contributed by atoms with van der Waals surface area (Å²) in [6, 6.07) is 7.81. The van der Waals surface area contributed by atoms with E-state index in [0.29, 0.717) is 24.8 Å². The molecule has 1 heterocycles. The maximum Gasteiger partial charge on any atom is 0.228 e. The maximum atomic E-state index is 6.23. The number of hydrogen-bond acceptors (Lipinski definition) is 4. The van der Waals surface area contributed by atoms with Gasteiger partial charge in [0.1, 0.15) is 0 Å². The number of hydrogen-bond donors (Lipinski definition) is 2. The van der Waals surface area contributed by atoms with Crippen molar-refractivity contribution in [2.24, 2.45) is 4.99 Å². The normalized spacial score (nSPS) is 12.6. The number of rotatable bonds is 6. The number of nitrogens with one attached hydrogen (secondary N) is 2. The summed E-state index contributed by atoms with van der Waals surface area (Å²) in [6.45, 7) is 6.76. The third kappa shape index (κ3) is 6.47. The van der Waals surface area contributed by atoms with Crippen molar-refractivity contribution in [2.75, 3.05) is 13.6 Å². The molecule has 2 aromatic rings. The molecule has 6 nitrogen and oxygen atoms in total. The third-order valence-electron chi connectivity index (χ3n) is 3.58. The van der Waals surface area contributed by atoms with Crippen molar-refractivity contribution in [1.82, 2.24) is 20.8 Å². The van der Waals surface area contributed by atoms with Crippen LogP contribution >= 0.6 is 35.6 Å². The zero-order valence-electron chi connectivity index (χ0n) is 14.9. The second-order valence-corrected chi connectivity index (χ2v) is 6.24. The Bertz CT molecular complexity index is 689. The molecule has 0 fully saturated rings. The van der Waals surface area contributed by atoms with Crippen LogP contribution in [0.2, 0.25) is 5.02 Å². The summed E-state index contributed by atoms with van der Waals surface area (Å²) in [7, 11) is 1.73. The van der Waals surface area contributed by atoms with E-state index >= 15 is 0 Å². The van der Waals surface area contributed by atoms with E-state index in [1.807, 2.05) is 45.0 Å². The second kappa shape index (κ2) is 10.6. The Balaban J connectivity index is 0.00000312.